The Labute approximate surface area is 174 Å². The van der Waals surface area contributed by atoms with Crippen molar-refractivity contribution in [2.24, 2.45) is 5.92 Å². The summed E-state index contributed by atoms with van der Waals surface area (Å²) in [5.41, 5.74) is 1.20. The first-order valence-electron chi connectivity index (χ1n) is 10.4. The molecule has 7 nitrogen and oxygen atoms in total. The minimum Gasteiger partial charge on any atom is -0.330 e. The number of rotatable bonds is 6. The van der Waals surface area contributed by atoms with Crippen molar-refractivity contribution in [3.05, 3.63) is 45.1 Å². The van der Waals surface area contributed by atoms with Gasteiger partial charge in [0.1, 0.15) is 11.4 Å². The fourth-order valence-corrected chi connectivity index (χ4v) is 5.01. The molecule has 0 spiro atoms. The molecule has 1 saturated heterocycles. The van der Waals surface area contributed by atoms with Crippen LogP contribution < -0.4 is 15.4 Å². The monoisotopic (exact) mass is 413 g/mol. The van der Waals surface area contributed by atoms with Gasteiger partial charge >= 0.3 is 0 Å². The average molecular weight is 414 g/mol. The minimum absolute atomic E-state index is 0.0170. The van der Waals surface area contributed by atoms with Crippen molar-refractivity contribution in [1.29, 1.82) is 0 Å². The molecule has 0 aromatic carbocycles. The van der Waals surface area contributed by atoms with E-state index in [9.17, 15) is 4.79 Å². The number of quaternary nitrogens is 1. The molecule has 0 bridgehead atoms. The summed E-state index contributed by atoms with van der Waals surface area (Å²) < 4.78 is 0. The predicted molar refractivity (Wildman–Crippen MR) is 117 cm³/mol. The van der Waals surface area contributed by atoms with E-state index >= 15 is 0 Å². The van der Waals surface area contributed by atoms with Gasteiger partial charge in [0, 0.05) is 17.3 Å². The van der Waals surface area contributed by atoms with Gasteiger partial charge in [-0.2, -0.15) is 0 Å². The number of aryl methyl sites for hydroxylation is 1. The summed E-state index contributed by atoms with van der Waals surface area (Å²) in [5.74, 6) is 2.15. The van der Waals surface area contributed by atoms with E-state index in [1.165, 1.54) is 15.3 Å². The number of piperazine rings is 1. The van der Waals surface area contributed by atoms with Crippen LogP contribution in [0.4, 0.5) is 5.95 Å². The van der Waals surface area contributed by atoms with E-state index in [1.54, 1.807) is 23.7 Å². The maximum Gasteiger partial charge on any atom is 0.260 e. The Morgan fingerprint density at radius 3 is 2.69 bits per heavy atom. The van der Waals surface area contributed by atoms with E-state index in [1.807, 2.05) is 6.07 Å². The summed E-state index contributed by atoms with van der Waals surface area (Å²) in [6.07, 6.45) is 5.62. The summed E-state index contributed by atoms with van der Waals surface area (Å²) in [6.45, 7) is 11.0. The second-order valence-corrected chi connectivity index (χ2v) is 9.21. The third-order valence-corrected chi connectivity index (χ3v) is 6.93. The van der Waals surface area contributed by atoms with Crippen molar-refractivity contribution in [1.82, 2.24) is 19.9 Å². The Morgan fingerprint density at radius 1 is 1.28 bits per heavy atom. The van der Waals surface area contributed by atoms with Crippen LogP contribution in [0.15, 0.2) is 23.3 Å². The number of hydrogen-bond donors (Lipinski definition) is 2. The van der Waals surface area contributed by atoms with Crippen molar-refractivity contribution in [2.45, 2.75) is 40.2 Å². The second-order valence-electron chi connectivity index (χ2n) is 8.01. The molecule has 1 aliphatic rings. The lowest BCUT2D eigenvalue weighted by Gasteiger charge is -2.31. The maximum atomic E-state index is 12.9. The summed E-state index contributed by atoms with van der Waals surface area (Å²) >= 11 is 1.65. The van der Waals surface area contributed by atoms with Crippen LogP contribution >= 0.6 is 11.3 Å². The zero-order valence-corrected chi connectivity index (χ0v) is 18.2. The molecule has 4 rings (SSSR count). The quantitative estimate of drug-likeness (QED) is 0.641. The van der Waals surface area contributed by atoms with Gasteiger partial charge in [-0.3, -0.25) is 4.79 Å². The van der Waals surface area contributed by atoms with Crippen LogP contribution in [-0.4, -0.2) is 46.1 Å². The van der Waals surface area contributed by atoms with Gasteiger partial charge in [0.15, 0.2) is 5.82 Å². The van der Waals surface area contributed by atoms with E-state index in [0.717, 1.165) is 67.6 Å². The topological polar surface area (TPSA) is 79.2 Å². The fourth-order valence-electron chi connectivity index (χ4n) is 3.93. The highest BCUT2D eigenvalue weighted by Gasteiger charge is 2.23. The van der Waals surface area contributed by atoms with Gasteiger partial charge in [0.25, 0.3) is 5.56 Å². The lowest BCUT2D eigenvalue weighted by Crippen LogP contribution is -3.13. The number of nitrogens with one attached hydrogen (secondary N) is 2. The summed E-state index contributed by atoms with van der Waals surface area (Å²) in [4.78, 5) is 35.2. The number of H-pyrrole nitrogens is 1. The van der Waals surface area contributed by atoms with Crippen molar-refractivity contribution in [2.75, 3.05) is 31.1 Å². The first-order valence-corrected chi connectivity index (χ1v) is 11.2. The number of fused-ring (bicyclic) bond motifs is 1. The Hall–Kier alpha value is -2.32. The number of nitrogens with zero attached hydrogens (tertiary/aromatic N) is 4. The second kappa shape index (κ2) is 8.59. The van der Waals surface area contributed by atoms with E-state index in [0.29, 0.717) is 5.92 Å². The molecule has 0 aliphatic carbocycles. The number of thiophene rings is 1. The van der Waals surface area contributed by atoms with E-state index in [4.69, 9.17) is 4.98 Å². The van der Waals surface area contributed by atoms with E-state index < -0.39 is 0 Å². The fraction of sp³-hybridized carbons (Fsp3) is 0.524. The zero-order valence-electron chi connectivity index (χ0n) is 17.4. The predicted octanol–water partition coefficient (Wildman–Crippen LogP) is 1.58. The smallest absolute Gasteiger partial charge is 0.260 e. The molecule has 0 unspecified atom stereocenters. The highest BCUT2D eigenvalue weighted by Crippen LogP contribution is 2.29. The molecule has 29 heavy (non-hydrogen) atoms. The number of aromatic amines is 1. The molecule has 154 valence electrons. The van der Waals surface area contributed by atoms with Gasteiger partial charge in [-0.15, -0.1) is 11.3 Å². The van der Waals surface area contributed by atoms with Crippen LogP contribution in [0.25, 0.3) is 10.2 Å². The molecular formula is C21H29N6OS+. The largest absolute Gasteiger partial charge is 0.330 e. The molecule has 2 N–H and O–H groups in total. The first kappa shape index (κ1) is 20.0. The molecule has 8 heteroatoms. The highest BCUT2D eigenvalue weighted by molar-refractivity contribution is 7.18. The van der Waals surface area contributed by atoms with Gasteiger partial charge in [-0.05, 0) is 30.9 Å². The molecule has 3 aromatic rings. The molecule has 1 atom stereocenters. The normalized spacial score (nSPS) is 16.4. The summed E-state index contributed by atoms with van der Waals surface area (Å²) in [6, 6.07) is 1.84. The minimum atomic E-state index is 0.0170. The van der Waals surface area contributed by atoms with Crippen molar-refractivity contribution in [3.63, 3.8) is 0 Å². The van der Waals surface area contributed by atoms with Crippen molar-refractivity contribution in [3.8, 4) is 0 Å². The van der Waals surface area contributed by atoms with Gasteiger partial charge in [0.05, 0.1) is 31.6 Å². The number of anilines is 1. The standard InChI is InChI=1S/C21H28N6OS/c1-4-14(2)12-16-15(3)29-20-18(16)19(28)24-17(25-20)13-26-8-10-27(11-9-26)21-22-6-5-7-23-21/h5-7,14H,4,8-13H2,1-3H3,(H,24,25,28)/p+1/t14-/m0/s1. The van der Waals surface area contributed by atoms with Crippen LogP contribution in [0, 0.1) is 12.8 Å². The van der Waals surface area contributed by atoms with Crippen LogP contribution in [0.3, 0.4) is 0 Å². The molecule has 3 aromatic heterocycles. The molecule has 0 amide bonds. The van der Waals surface area contributed by atoms with E-state index in [-0.39, 0.29) is 5.56 Å². The lowest BCUT2D eigenvalue weighted by molar-refractivity contribution is -0.915. The van der Waals surface area contributed by atoms with Crippen LogP contribution in [-0.2, 0) is 13.0 Å². The summed E-state index contributed by atoms with van der Waals surface area (Å²) in [7, 11) is 0. The van der Waals surface area contributed by atoms with Crippen LogP contribution in [0.2, 0.25) is 0 Å². The van der Waals surface area contributed by atoms with E-state index in [2.05, 4.69) is 40.6 Å². The van der Waals surface area contributed by atoms with Crippen molar-refractivity contribution >= 4 is 27.5 Å². The van der Waals surface area contributed by atoms with Gasteiger partial charge in [-0.25, -0.2) is 15.0 Å². The summed E-state index contributed by atoms with van der Waals surface area (Å²) in [5, 5.41) is 0.803. The Kier molecular flexibility index (Phi) is 5.91. The van der Waals surface area contributed by atoms with Gasteiger partial charge < -0.3 is 14.8 Å². The average Bonchev–Trinajstić information content (AvgIpc) is 3.04. The molecule has 4 heterocycles. The third kappa shape index (κ3) is 4.33. The third-order valence-electron chi connectivity index (χ3n) is 5.88. The molecule has 1 aliphatic heterocycles. The highest BCUT2D eigenvalue weighted by atomic mass is 32.1. The SMILES string of the molecule is CC[C@H](C)Cc1c(C)sc2nc(C[NH+]3CCN(c4ncccn4)CC3)[nH]c(=O)c12. The van der Waals surface area contributed by atoms with Crippen LogP contribution in [0.1, 0.15) is 36.5 Å². The molecule has 0 radical (unpaired) electrons. The Morgan fingerprint density at radius 2 is 2.00 bits per heavy atom. The molecule has 0 saturated carbocycles. The van der Waals surface area contributed by atoms with Crippen molar-refractivity contribution < 1.29 is 4.90 Å². The molecular weight excluding hydrogens is 384 g/mol. The lowest BCUT2D eigenvalue weighted by atomic mass is 9.98. The number of aromatic nitrogens is 4. The number of hydrogen-bond acceptors (Lipinski definition) is 6. The van der Waals surface area contributed by atoms with Crippen LogP contribution in [0.5, 0.6) is 0 Å². The van der Waals surface area contributed by atoms with Gasteiger partial charge in [0.2, 0.25) is 5.95 Å². The Bertz CT molecular complexity index is 1020. The first-order chi connectivity index (χ1) is 14.0. The molecule has 1 fully saturated rings. The van der Waals surface area contributed by atoms with Gasteiger partial charge in [-0.1, -0.05) is 20.3 Å². The Balaban J connectivity index is 1.47. The maximum absolute atomic E-state index is 12.9. The zero-order chi connectivity index (χ0) is 20.4.